The van der Waals surface area contributed by atoms with E-state index in [4.69, 9.17) is 11.6 Å². The van der Waals surface area contributed by atoms with E-state index in [-0.39, 0.29) is 4.90 Å². The van der Waals surface area contributed by atoms with Crippen LogP contribution in [0.1, 0.15) is 6.42 Å². The van der Waals surface area contributed by atoms with Gasteiger partial charge in [-0.05, 0) is 30.7 Å². The smallest absolute Gasteiger partial charge is 0.240 e. The van der Waals surface area contributed by atoms with Gasteiger partial charge in [-0.3, -0.25) is 4.68 Å². The maximum absolute atomic E-state index is 12.0. The first-order valence-electron chi connectivity index (χ1n) is 5.90. The highest BCUT2D eigenvalue weighted by Crippen LogP contribution is 2.14. The van der Waals surface area contributed by atoms with Crippen molar-refractivity contribution in [3.8, 4) is 0 Å². The molecule has 8 heteroatoms. The van der Waals surface area contributed by atoms with Crippen molar-refractivity contribution in [2.45, 2.75) is 17.9 Å². The van der Waals surface area contributed by atoms with Gasteiger partial charge in [0.15, 0.2) is 0 Å². The maximum Gasteiger partial charge on any atom is 0.240 e. The number of aromatic nitrogens is 2. The van der Waals surface area contributed by atoms with Gasteiger partial charge in [-0.15, -0.1) is 0 Å². The fourth-order valence-electron chi connectivity index (χ4n) is 1.61. The van der Waals surface area contributed by atoms with Crippen molar-refractivity contribution < 1.29 is 8.42 Å². The molecule has 1 heterocycles. The third-order valence-corrected chi connectivity index (χ3v) is 4.78. The predicted molar refractivity (Wildman–Crippen MR) is 81.2 cm³/mol. The van der Waals surface area contributed by atoms with Crippen LogP contribution in [0.5, 0.6) is 0 Å². The summed E-state index contributed by atoms with van der Waals surface area (Å²) in [6.45, 7) is 0.950. The van der Waals surface area contributed by atoms with E-state index in [1.165, 1.54) is 0 Å². The van der Waals surface area contributed by atoms with Crippen molar-refractivity contribution in [3.05, 3.63) is 46.2 Å². The number of benzene rings is 1. The molecule has 0 unspecified atom stereocenters. The largest absolute Gasteiger partial charge is 0.271 e. The predicted octanol–water partition coefficient (Wildman–Crippen LogP) is 2.67. The summed E-state index contributed by atoms with van der Waals surface area (Å²) in [5, 5.41) is 4.59. The summed E-state index contributed by atoms with van der Waals surface area (Å²) in [5.74, 6) is 0. The lowest BCUT2D eigenvalue weighted by molar-refractivity contribution is 0.553. The molecule has 0 atom stereocenters. The number of hydrogen-bond donors (Lipinski definition) is 1. The molecule has 0 radical (unpaired) electrons. The molecule has 5 nitrogen and oxygen atoms in total. The van der Waals surface area contributed by atoms with E-state index in [0.717, 1.165) is 4.47 Å². The average Bonchev–Trinajstić information content (AvgIpc) is 2.81. The minimum absolute atomic E-state index is 0.253. The van der Waals surface area contributed by atoms with Gasteiger partial charge in [-0.1, -0.05) is 27.5 Å². The Hall–Kier alpha value is -0.890. The lowest BCUT2D eigenvalue weighted by atomic mass is 10.4. The quantitative estimate of drug-likeness (QED) is 0.786. The molecule has 2 rings (SSSR count). The van der Waals surface area contributed by atoms with Gasteiger partial charge in [0.2, 0.25) is 10.0 Å². The van der Waals surface area contributed by atoms with E-state index in [1.807, 2.05) is 0 Å². The van der Waals surface area contributed by atoms with Crippen molar-refractivity contribution in [3.63, 3.8) is 0 Å². The van der Waals surface area contributed by atoms with Crippen LogP contribution in [0, 0.1) is 0 Å². The lowest BCUT2D eigenvalue weighted by Crippen LogP contribution is -2.25. The highest BCUT2D eigenvalue weighted by Gasteiger charge is 2.12. The maximum atomic E-state index is 12.0. The highest BCUT2D eigenvalue weighted by atomic mass is 79.9. The first-order chi connectivity index (χ1) is 9.47. The molecule has 0 amide bonds. The first-order valence-corrected chi connectivity index (χ1v) is 8.56. The summed E-state index contributed by atoms with van der Waals surface area (Å²) >= 11 is 9.01. The van der Waals surface area contributed by atoms with Gasteiger partial charge in [0.25, 0.3) is 0 Å². The monoisotopic (exact) mass is 377 g/mol. The van der Waals surface area contributed by atoms with Crippen molar-refractivity contribution >= 4 is 37.6 Å². The zero-order valence-electron chi connectivity index (χ0n) is 10.5. The minimum atomic E-state index is -3.45. The highest BCUT2D eigenvalue weighted by molar-refractivity contribution is 9.10. The zero-order valence-corrected chi connectivity index (χ0v) is 13.6. The molecular weight excluding hydrogens is 366 g/mol. The fourth-order valence-corrected chi connectivity index (χ4v) is 3.10. The summed E-state index contributed by atoms with van der Waals surface area (Å²) in [7, 11) is -3.45. The van der Waals surface area contributed by atoms with Gasteiger partial charge in [-0.2, -0.15) is 5.10 Å². The van der Waals surface area contributed by atoms with Gasteiger partial charge in [0.1, 0.15) is 0 Å². The Bertz CT molecular complexity index is 670. The second-order valence-electron chi connectivity index (χ2n) is 4.13. The molecule has 0 saturated carbocycles. The Labute approximate surface area is 131 Å². The van der Waals surface area contributed by atoms with E-state index in [0.29, 0.717) is 24.5 Å². The molecule has 108 valence electrons. The van der Waals surface area contributed by atoms with Crippen molar-refractivity contribution in [2.75, 3.05) is 6.54 Å². The van der Waals surface area contributed by atoms with E-state index in [2.05, 4.69) is 25.8 Å². The van der Waals surface area contributed by atoms with Gasteiger partial charge in [0, 0.05) is 23.8 Å². The van der Waals surface area contributed by atoms with Gasteiger partial charge >= 0.3 is 0 Å². The number of rotatable bonds is 6. The van der Waals surface area contributed by atoms with Crippen molar-refractivity contribution in [1.29, 1.82) is 0 Å². The molecule has 0 aliphatic heterocycles. The van der Waals surface area contributed by atoms with Gasteiger partial charge in [-0.25, -0.2) is 13.1 Å². The summed E-state index contributed by atoms with van der Waals surface area (Å²) in [4.78, 5) is 0.253. The van der Waals surface area contributed by atoms with Crippen LogP contribution in [0.2, 0.25) is 5.02 Å². The number of hydrogen-bond acceptors (Lipinski definition) is 3. The lowest BCUT2D eigenvalue weighted by Gasteiger charge is -2.07. The topological polar surface area (TPSA) is 64.0 Å². The third-order valence-electron chi connectivity index (χ3n) is 2.58. The van der Waals surface area contributed by atoms with Crippen LogP contribution in [0.4, 0.5) is 0 Å². The fraction of sp³-hybridized carbons (Fsp3) is 0.250. The summed E-state index contributed by atoms with van der Waals surface area (Å²) in [6, 6.07) is 6.50. The molecule has 0 saturated heterocycles. The normalized spacial score (nSPS) is 11.7. The molecular formula is C12H13BrClN3O2S. The molecule has 0 spiro atoms. The van der Waals surface area contributed by atoms with Crippen LogP contribution in [-0.4, -0.2) is 24.7 Å². The summed E-state index contributed by atoms with van der Waals surface area (Å²) < 4.78 is 29.0. The number of sulfonamides is 1. The minimum Gasteiger partial charge on any atom is -0.271 e. The number of nitrogens with one attached hydrogen (secondary N) is 1. The SMILES string of the molecule is O=S(=O)(NCCCn1cc(Cl)cn1)c1ccc(Br)cc1. The Morgan fingerprint density at radius 2 is 2.00 bits per heavy atom. The van der Waals surface area contributed by atoms with Gasteiger partial charge < -0.3 is 0 Å². The molecule has 1 N–H and O–H groups in total. The van der Waals surface area contributed by atoms with Crippen LogP contribution in [0.25, 0.3) is 0 Å². The van der Waals surface area contributed by atoms with Crippen molar-refractivity contribution in [1.82, 2.24) is 14.5 Å². The average molecular weight is 379 g/mol. The number of aryl methyl sites for hydroxylation is 1. The molecule has 0 aliphatic rings. The molecule has 1 aromatic carbocycles. The zero-order chi connectivity index (χ0) is 14.6. The van der Waals surface area contributed by atoms with E-state index in [1.54, 1.807) is 41.3 Å². The second kappa shape index (κ2) is 6.71. The standard InChI is InChI=1S/C12H13BrClN3O2S/c13-10-2-4-12(5-3-10)20(18,19)16-6-1-7-17-9-11(14)8-15-17/h2-5,8-9,16H,1,6-7H2. The second-order valence-corrected chi connectivity index (χ2v) is 7.25. The molecule has 0 aliphatic carbocycles. The first kappa shape index (κ1) is 15.5. The number of nitrogens with zero attached hydrogens (tertiary/aromatic N) is 2. The molecule has 0 bridgehead atoms. The van der Waals surface area contributed by atoms with E-state index < -0.39 is 10.0 Å². The van der Waals surface area contributed by atoms with Crippen LogP contribution in [-0.2, 0) is 16.6 Å². The molecule has 20 heavy (non-hydrogen) atoms. The van der Waals surface area contributed by atoms with Gasteiger partial charge in [0.05, 0.1) is 16.1 Å². The van der Waals surface area contributed by atoms with Crippen LogP contribution >= 0.6 is 27.5 Å². The Kier molecular flexibility index (Phi) is 5.20. The molecule has 1 aromatic heterocycles. The third kappa shape index (κ3) is 4.31. The van der Waals surface area contributed by atoms with Crippen LogP contribution in [0.15, 0.2) is 46.0 Å². The Balaban J connectivity index is 1.85. The van der Waals surface area contributed by atoms with E-state index >= 15 is 0 Å². The Morgan fingerprint density at radius 3 is 2.60 bits per heavy atom. The van der Waals surface area contributed by atoms with E-state index in [9.17, 15) is 8.42 Å². The van der Waals surface area contributed by atoms with Crippen molar-refractivity contribution in [2.24, 2.45) is 0 Å². The van der Waals surface area contributed by atoms with Crippen LogP contribution < -0.4 is 4.72 Å². The number of halogens is 2. The summed E-state index contributed by atoms with van der Waals surface area (Å²) in [5.41, 5.74) is 0. The molecule has 2 aromatic rings. The summed E-state index contributed by atoms with van der Waals surface area (Å²) in [6.07, 6.45) is 3.88. The molecule has 0 fully saturated rings. The Morgan fingerprint density at radius 1 is 1.30 bits per heavy atom. The van der Waals surface area contributed by atoms with Crippen LogP contribution in [0.3, 0.4) is 0 Å².